The van der Waals surface area contributed by atoms with E-state index in [9.17, 15) is 22.8 Å². The predicted molar refractivity (Wildman–Crippen MR) is 136 cm³/mol. The topological polar surface area (TPSA) is 90.0 Å². The Morgan fingerprint density at radius 3 is 2.34 bits per heavy atom. The van der Waals surface area contributed by atoms with Gasteiger partial charge in [-0.05, 0) is 56.7 Å². The molecule has 1 aromatic rings. The van der Waals surface area contributed by atoms with Gasteiger partial charge in [0, 0.05) is 48.7 Å². The van der Waals surface area contributed by atoms with Crippen molar-refractivity contribution >= 4 is 29.4 Å². The smallest absolute Gasteiger partial charge is 0.475 e. The van der Waals surface area contributed by atoms with Crippen LogP contribution in [0.5, 0.6) is 0 Å². The number of nitrogens with one attached hydrogen (secondary N) is 1. The van der Waals surface area contributed by atoms with E-state index in [2.05, 4.69) is 24.1 Å². The van der Waals surface area contributed by atoms with Crippen LogP contribution in [0, 0.1) is 11.8 Å². The summed E-state index contributed by atoms with van der Waals surface area (Å²) in [6.45, 7) is 7.88. The zero-order valence-electron chi connectivity index (χ0n) is 21.7. The van der Waals surface area contributed by atoms with Crippen molar-refractivity contribution in [1.29, 1.82) is 0 Å². The first-order valence-electron chi connectivity index (χ1n) is 13.2. The highest BCUT2D eigenvalue weighted by molar-refractivity contribution is 6.30. The summed E-state index contributed by atoms with van der Waals surface area (Å²) in [5.74, 6) is -1.79. The molecule has 2 N–H and O–H groups in total. The fourth-order valence-electron chi connectivity index (χ4n) is 6.50. The van der Waals surface area contributed by atoms with Gasteiger partial charge in [-0.2, -0.15) is 13.2 Å². The van der Waals surface area contributed by atoms with E-state index in [1.54, 1.807) is 0 Å². The predicted octanol–water partition coefficient (Wildman–Crippen LogP) is 4.23. The van der Waals surface area contributed by atoms with Gasteiger partial charge in [0.25, 0.3) is 0 Å². The average Bonchev–Trinajstić information content (AvgIpc) is 3.47. The van der Waals surface area contributed by atoms with E-state index >= 15 is 0 Å². The number of fused-ring (bicyclic) bond motifs is 2. The van der Waals surface area contributed by atoms with Crippen LogP contribution < -0.4 is 5.32 Å². The molecule has 3 saturated heterocycles. The highest BCUT2D eigenvalue weighted by Gasteiger charge is 2.59. The van der Waals surface area contributed by atoms with Crippen molar-refractivity contribution < 1.29 is 32.7 Å². The Hall–Kier alpha value is -2.33. The lowest BCUT2D eigenvalue weighted by Gasteiger charge is -2.44. The van der Waals surface area contributed by atoms with Gasteiger partial charge in [-0.1, -0.05) is 37.1 Å². The number of carbonyl (C=O) groups excluding carboxylic acids is 2. The van der Waals surface area contributed by atoms with Gasteiger partial charge < -0.3 is 15.3 Å². The van der Waals surface area contributed by atoms with Crippen molar-refractivity contribution in [3.05, 3.63) is 34.9 Å². The maximum atomic E-state index is 13.5. The molecule has 210 valence electrons. The van der Waals surface area contributed by atoms with Crippen LogP contribution in [0.4, 0.5) is 13.2 Å². The zero-order chi connectivity index (χ0) is 27.9. The van der Waals surface area contributed by atoms with Crippen molar-refractivity contribution in [2.75, 3.05) is 26.2 Å². The molecule has 1 saturated carbocycles. The third-order valence-corrected chi connectivity index (χ3v) is 9.05. The maximum absolute atomic E-state index is 13.5. The molecule has 1 unspecified atom stereocenters. The van der Waals surface area contributed by atoms with E-state index in [4.69, 9.17) is 21.5 Å². The number of aliphatic carboxylic acids is 1. The lowest BCUT2D eigenvalue weighted by atomic mass is 9.75. The first kappa shape index (κ1) is 28.7. The summed E-state index contributed by atoms with van der Waals surface area (Å²) in [4.78, 5) is 39.8. The number of carboxylic acid groups (broad SMARTS) is 1. The molecular formula is C27H35ClF3N3O4. The largest absolute Gasteiger partial charge is 0.490 e. The van der Waals surface area contributed by atoms with Crippen LogP contribution in [-0.2, 0) is 19.8 Å². The standard InChI is InChI=1S/C25H34ClN3O2.C2HF3O2/c1-3-5-17(2)29-15-20-21(16-29)25(27-22(20)30)10-12-28(13-11-25)23(31)24(8-9-24)18-6-4-7-19(26)14-18;3-2(4,5)1(6)7/h4,6-7,14,17,20-21H,3,5,8-13,15-16H2,1-2H3,(H,27,30);(H,6,7)/t17?,20-,21+;/m1./s1. The van der Waals surface area contributed by atoms with Gasteiger partial charge in [-0.3, -0.25) is 14.5 Å². The van der Waals surface area contributed by atoms with Crippen molar-refractivity contribution in [3.8, 4) is 0 Å². The number of benzene rings is 1. The second-order valence-electron chi connectivity index (χ2n) is 11.1. The summed E-state index contributed by atoms with van der Waals surface area (Å²) in [5.41, 5.74) is 0.540. The van der Waals surface area contributed by atoms with Crippen LogP contribution in [0.2, 0.25) is 5.02 Å². The van der Waals surface area contributed by atoms with Crippen LogP contribution in [0.3, 0.4) is 0 Å². The van der Waals surface area contributed by atoms with Crippen molar-refractivity contribution in [2.24, 2.45) is 11.8 Å². The summed E-state index contributed by atoms with van der Waals surface area (Å²) in [7, 11) is 0. The average molecular weight is 558 g/mol. The van der Waals surface area contributed by atoms with Gasteiger partial charge >= 0.3 is 12.1 Å². The summed E-state index contributed by atoms with van der Waals surface area (Å²) >= 11 is 6.20. The molecule has 5 rings (SSSR count). The molecule has 1 aromatic carbocycles. The molecule has 0 radical (unpaired) electrons. The second-order valence-corrected chi connectivity index (χ2v) is 11.6. The lowest BCUT2D eigenvalue weighted by molar-refractivity contribution is -0.192. The highest BCUT2D eigenvalue weighted by Crippen LogP contribution is 2.51. The second kappa shape index (κ2) is 10.7. The van der Waals surface area contributed by atoms with Gasteiger partial charge in [0.15, 0.2) is 0 Å². The Morgan fingerprint density at radius 1 is 1.18 bits per heavy atom. The number of nitrogens with zero attached hydrogens (tertiary/aromatic N) is 2. The molecule has 1 spiro atoms. The maximum Gasteiger partial charge on any atom is 0.490 e. The first-order valence-corrected chi connectivity index (χ1v) is 13.6. The van der Waals surface area contributed by atoms with Crippen molar-refractivity contribution in [3.63, 3.8) is 0 Å². The molecule has 3 aliphatic heterocycles. The van der Waals surface area contributed by atoms with Gasteiger partial charge in [-0.15, -0.1) is 0 Å². The molecule has 0 aromatic heterocycles. The Bertz CT molecular complexity index is 1070. The van der Waals surface area contributed by atoms with Gasteiger partial charge in [0.05, 0.1) is 11.3 Å². The quantitative estimate of drug-likeness (QED) is 0.565. The van der Waals surface area contributed by atoms with Gasteiger partial charge in [0.1, 0.15) is 0 Å². The Labute approximate surface area is 225 Å². The molecule has 1 aliphatic carbocycles. The number of likely N-dealkylation sites (tertiary alicyclic amines) is 2. The fourth-order valence-corrected chi connectivity index (χ4v) is 6.69. The summed E-state index contributed by atoms with van der Waals surface area (Å²) in [6, 6.07) is 8.32. The number of rotatable bonds is 5. The number of alkyl halides is 3. The number of amides is 2. The number of hydrogen-bond donors (Lipinski definition) is 2. The van der Waals surface area contributed by atoms with E-state index in [0.717, 1.165) is 57.4 Å². The van der Waals surface area contributed by atoms with E-state index in [0.29, 0.717) is 17.0 Å². The fraction of sp³-hybridized carbons (Fsp3) is 0.667. The number of piperidine rings is 1. The molecular weight excluding hydrogens is 523 g/mol. The zero-order valence-corrected chi connectivity index (χ0v) is 22.4. The third kappa shape index (κ3) is 5.52. The van der Waals surface area contributed by atoms with Gasteiger partial charge in [-0.25, -0.2) is 4.79 Å². The van der Waals surface area contributed by atoms with Crippen LogP contribution in [0.25, 0.3) is 0 Å². The van der Waals surface area contributed by atoms with Gasteiger partial charge in [0.2, 0.25) is 11.8 Å². The molecule has 0 bridgehead atoms. The molecule has 11 heteroatoms. The summed E-state index contributed by atoms with van der Waals surface area (Å²) in [5, 5.41) is 11.2. The van der Waals surface area contributed by atoms with E-state index in [1.807, 2.05) is 29.2 Å². The molecule has 4 aliphatic rings. The lowest BCUT2D eigenvalue weighted by Crippen LogP contribution is -2.57. The summed E-state index contributed by atoms with van der Waals surface area (Å²) in [6.07, 6.45) is 0.817. The monoisotopic (exact) mass is 557 g/mol. The van der Waals surface area contributed by atoms with Crippen molar-refractivity contribution in [2.45, 2.75) is 75.5 Å². The molecule has 38 heavy (non-hydrogen) atoms. The highest BCUT2D eigenvalue weighted by atomic mass is 35.5. The molecule has 7 nitrogen and oxygen atoms in total. The molecule has 3 atom stereocenters. The third-order valence-electron chi connectivity index (χ3n) is 8.82. The molecule has 3 heterocycles. The molecule has 4 fully saturated rings. The minimum Gasteiger partial charge on any atom is -0.475 e. The van der Waals surface area contributed by atoms with Crippen molar-refractivity contribution in [1.82, 2.24) is 15.1 Å². The minimum absolute atomic E-state index is 0.114. The Morgan fingerprint density at radius 2 is 1.82 bits per heavy atom. The minimum atomic E-state index is -5.08. The normalized spacial score (nSPS) is 26.3. The number of carboxylic acids is 1. The molecule has 2 amide bonds. The van der Waals surface area contributed by atoms with Crippen LogP contribution in [0.1, 0.15) is 57.9 Å². The first-order chi connectivity index (χ1) is 17.8. The Kier molecular flexibility index (Phi) is 8.06. The van der Waals surface area contributed by atoms with Crippen LogP contribution >= 0.6 is 11.6 Å². The van der Waals surface area contributed by atoms with E-state index in [1.165, 1.54) is 12.8 Å². The number of hydrogen-bond acceptors (Lipinski definition) is 4. The van der Waals surface area contributed by atoms with E-state index in [-0.39, 0.29) is 28.7 Å². The summed E-state index contributed by atoms with van der Waals surface area (Å²) < 4.78 is 31.7. The van der Waals surface area contributed by atoms with E-state index < -0.39 is 12.1 Å². The number of carbonyl (C=O) groups is 3. The van der Waals surface area contributed by atoms with Crippen LogP contribution in [0.15, 0.2) is 24.3 Å². The Balaban J connectivity index is 0.000000426. The SMILES string of the molecule is CCCC(C)N1C[C@H]2C(=O)NC3(CCN(C(=O)C4(c5cccc(Cl)c5)CC4)CC3)[C@H]2C1.O=C(O)C(F)(F)F. The number of halogens is 4. The van der Waals surface area contributed by atoms with Crippen LogP contribution in [-0.4, -0.2) is 76.6 Å².